The average Bonchev–Trinajstić information content (AvgIpc) is 2.79. The Hall–Kier alpha value is -1.39. The van der Waals surface area contributed by atoms with Crippen LogP contribution in [0.15, 0.2) is 30.3 Å². The number of likely N-dealkylation sites (tertiary alicyclic amines) is 1. The average molecular weight is 330 g/mol. The van der Waals surface area contributed by atoms with Gasteiger partial charge in [-0.25, -0.2) is 0 Å². The number of ether oxygens (including phenoxy) is 1. The quantitative estimate of drug-likeness (QED) is 0.850. The molecule has 4 heteroatoms. The summed E-state index contributed by atoms with van der Waals surface area (Å²) in [7, 11) is 0. The maximum absolute atomic E-state index is 12.8. The Morgan fingerprint density at radius 1 is 1.21 bits per heavy atom. The molecule has 2 heterocycles. The first kappa shape index (κ1) is 17.4. The minimum atomic E-state index is -0.0555. The lowest BCUT2D eigenvalue weighted by atomic mass is 9.87. The molecular formula is C20H30N2O2. The van der Waals surface area contributed by atoms with Gasteiger partial charge >= 0.3 is 0 Å². The maximum Gasteiger partial charge on any atom is 0.223 e. The molecule has 0 bridgehead atoms. The molecule has 0 aliphatic carbocycles. The van der Waals surface area contributed by atoms with Gasteiger partial charge in [0.15, 0.2) is 0 Å². The van der Waals surface area contributed by atoms with Gasteiger partial charge in [0.25, 0.3) is 0 Å². The standard InChI is InChI=1S/C20H30N2O2/c1-4-16(2)21-10-11-24-15-20(13-21)12-19(23)22(14-20)17(3)18-8-6-5-7-9-18/h5-9,16-17H,4,10-15H2,1-3H3/t16-,17-,20+/m0/s1. The molecular weight excluding hydrogens is 300 g/mol. The summed E-state index contributed by atoms with van der Waals surface area (Å²) < 4.78 is 5.92. The molecule has 4 nitrogen and oxygen atoms in total. The third kappa shape index (κ3) is 3.50. The van der Waals surface area contributed by atoms with Crippen molar-refractivity contribution in [2.75, 3.05) is 32.8 Å². The summed E-state index contributed by atoms with van der Waals surface area (Å²) in [5.74, 6) is 0.265. The molecule has 2 aliphatic rings. The predicted molar refractivity (Wildman–Crippen MR) is 95.8 cm³/mol. The monoisotopic (exact) mass is 330 g/mol. The molecule has 0 saturated carbocycles. The van der Waals surface area contributed by atoms with E-state index in [4.69, 9.17) is 4.74 Å². The Kier molecular flexibility index (Phi) is 5.26. The van der Waals surface area contributed by atoms with Crippen molar-refractivity contribution >= 4 is 5.91 Å². The topological polar surface area (TPSA) is 32.8 Å². The zero-order chi connectivity index (χ0) is 17.2. The van der Waals surface area contributed by atoms with Gasteiger partial charge in [-0.15, -0.1) is 0 Å². The molecule has 3 atom stereocenters. The smallest absolute Gasteiger partial charge is 0.223 e. The Labute approximate surface area is 145 Å². The van der Waals surface area contributed by atoms with Crippen molar-refractivity contribution in [1.29, 1.82) is 0 Å². The molecule has 1 aromatic rings. The normalized spacial score (nSPS) is 28.1. The second-order valence-electron chi connectivity index (χ2n) is 7.57. The van der Waals surface area contributed by atoms with E-state index in [1.807, 2.05) is 18.2 Å². The Balaban J connectivity index is 1.77. The lowest BCUT2D eigenvalue weighted by Crippen LogP contribution is -2.44. The molecule has 0 unspecified atom stereocenters. The molecule has 1 aromatic carbocycles. The van der Waals surface area contributed by atoms with Crippen molar-refractivity contribution in [3.63, 3.8) is 0 Å². The molecule has 1 amide bonds. The van der Waals surface area contributed by atoms with Crippen molar-refractivity contribution in [3.8, 4) is 0 Å². The largest absolute Gasteiger partial charge is 0.379 e. The van der Waals surface area contributed by atoms with E-state index in [1.54, 1.807) is 0 Å². The zero-order valence-electron chi connectivity index (χ0n) is 15.2. The van der Waals surface area contributed by atoms with Crippen LogP contribution in [0.3, 0.4) is 0 Å². The summed E-state index contributed by atoms with van der Waals surface area (Å²) in [6.07, 6.45) is 1.74. The molecule has 2 saturated heterocycles. The highest BCUT2D eigenvalue weighted by Gasteiger charge is 2.47. The molecule has 0 radical (unpaired) electrons. The number of benzene rings is 1. The summed E-state index contributed by atoms with van der Waals surface area (Å²) in [4.78, 5) is 17.3. The van der Waals surface area contributed by atoms with Crippen LogP contribution in [0.1, 0.15) is 45.2 Å². The summed E-state index contributed by atoms with van der Waals surface area (Å²) in [5, 5.41) is 0. The van der Waals surface area contributed by atoms with Crippen molar-refractivity contribution in [2.45, 2.75) is 45.7 Å². The van der Waals surface area contributed by atoms with E-state index in [0.29, 0.717) is 19.1 Å². The van der Waals surface area contributed by atoms with Crippen LogP contribution in [-0.2, 0) is 9.53 Å². The van der Waals surface area contributed by atoms with Crippen LogP contribution in [0.2, 0.25) is 0 Å². The number of hydrogen-bond acceptors (Lipinski definition) is 3. The molecule has 2 fully saturated rings. The first-order valence-corrected chi connectivity index (χ1v) is 9.21. The van der Waals surface area contributed by atoms with Gasteiger partial charge in [0.1, 0.15) is 0 Å². The lowest BCUT2D eigenvalue weighted by molar-refractivity contribution is -0.129. The second kappa shape index (κ2) is 7.24. The molecule has 1 spiro atoms. The third-order valence-electron chi connectivity index (χ3n) is 5.79. The highest BCUT2D eigenvalue weighted by Crippen LogP contribution is 2.38. The minimum absolute atomic E-state index is 0.0555. The number of hydrogen-bond donors (Lipinski definition) is 0. The molecule has 0 N–H and O–H groups in total. The van der Waals surface area contributed by atoms with Crippen molar-refractivity contribution < 1.29 is 9.53 Å². The fraction of sp³-hybridized carbons (Fsp3) is 0.650. The summed E-state index contributed by atoms with van der Waals surface area (Å²) in [5.41, 5.74) is 1.15. The summed E-state index contributed by atoms with van der Waals surface area (Å²) in [6, 6.07) is 11.0. The number of carbonyl (C=O) groups is 1. The SMILES string of the molecule is CC[C@H](C)N1CCOC[C@]2(CC(=O)N([C@@H](C)c3ccccc3)C2)C1. The Bertz CT molecular complexity index is 562. The summed E-state index contributed by atoms with van der Waals surface area (Å²) in [6.45, 7) is 10.8. The van der Waals surface area contributed by atoms with E-state index in [9.17, 15) is 4.79 Å². The first-order valence-electron chi connectivity index (χ1n) is 9.21. The minimum Gasteiger partial charge on any atom is -0.379 e. The van der Waals surface area contributed by atoms with Gasteiger partial charge in [0.2, 0.25) is 5.91 Å². The van der Waals surface area contributed by atoms with E-state index in [0.717, 1.165) is 32.7 Å². The van der Waals surface area contributed by atoms with E-state index < -0.39 is 0 Å². The molecule has 3 rings (SSSR count). The van der Waals surface area contributed by atoms with Gasteiger partial charge < -0.3 is 9.64 Å². The fourth-order valence-electron chi connectivity index (χ4n) is 4.06. The molecule has 2 aliphatic heterocycles. The highest BCUT2D eigenvalue weighted by atomic mass is 16.5. The van der Waals surface area contributed by atoms with Crippen molar-refractivity contribution in [2.24, 2.45) is 5.41 Å². The predicted octanol–water partition coefficient (Wildman–Crippen LogP) is 3.10. The number of carbonyl (C=O) groups excluding carboxylic acids is 1. The number of amides is 1. The van der Waals surface area contributed by atoms with Gasteiger partial charge in [-0.05, 0) is 25.8 Å². The maximum atomic E-state index is 12.8. The van der Waals surface area contributed by atoms with Gasteiger partial charge in [-0.2, -0.15) is 0 Å². The van der Waals surface area contributed by atoms with Crippen molar-refractivity contribution in [3.05, 3.63) is 35.9 Å². The molecule has 24 heavy (non-hydrogen) atoms. The van der Waals surface area contributed by atoms with E-state index in [2.05, 4.69) is 42.7 Å². The van der Waals surface area contributed by atoms with Crippen LogP contribution in [0.25, 0.3) is 0 Å². The van der Waals surface area contributed by atoms with Crippen LogP contribution in [0.5, 0.6) is 0 Å². The van der Waals surface area contributed by atoms with Gasteiger partial charge in [-0.3, -0.25) is 9.69 Å². The zero-order valence-corrected chi connectivity index (χ0v) is 15.2. The van der Waals surface area contributed by atoms with Gasteiger partial charge in [0, 0.05) is 37.5 Å². The van der Waals surface area contributed by atoms with E-state index >= 15 is 0 Å². The van der Waals surface area contributed by atoms with Crippen LogP contribution in [0, 0.1) is 5.41 Å². The van der Waals surface area contributed by atoms with E-state index in [1.165, 1.54) is 5.56 Å². The summed E-state index contributed by atoms with van der Waals surface area (Å²) >= 11 is 0. The molecule has 0 aromatic heterocycles. The van der Waals surface area contributed by atoms with Crippen LogP contribution >= 0.6 is 0 Å². The van der Waals surface area contributed by atoms with Crippen LogP contribution in [0.4, 0.5) is 0 Å². The van der Waals surface area contributed by atoms with Crippen LogP contribution < -0.4 is 0 Å². The van der Waals surface area contributed by atoms with Crippen LogP contribution in [-0.4, -0.2) is 54.6 Å². The Morgan fingerprint density at radius 2 is 1.96 bits per heavy atom. The third-order valence-corrected chi connectivity index (χ3v) is 5.79. The molecule has 132 valence electrons. The number of rotatable bonds is 4. The lowest BCUT2D eigenvalue weighted by Gasteiger charge is -2.35. The highest BCUT2D eigenvalue weighted by molar-refractivity contribution is 5.80. The van der Waals surface area contributed by atoms with Gasteiger partial charge in [-0.1, -0.05) is 37.3 Å². The second-order valence-corrected chi connectivity index (χ2v) is 7.57. The fourth-order valence-corrected chi connectivity index (χ4v) is 4.06. The van der Waals surface area contributed by atoms with Gasteiger partial charge in [0.05, 0.1) is 19.3 Å². The first-order chi connectivity index (χ1) is 11.5. The van der Waals surface area contributed by atoms with Crippen molar-refractivity contribution in [1.82, 2.24) is 9.80 Å². The Morgan fingerprint density at radius 3 is 2.67 bits per heavy atom. The van der Waals surface area contributed by atoms with E-state index in [-0.39, 0.29) is 17.4 Å². The number of nitrogens with zero attached hydrogens (tertiary/aromatic N) is 2.